The molecule has 19 heavy (non-hydrogen) atoms. The Morgan fingerprint density at radius 2 is 2.11 bits per heavy atom. The van der Waals surface area contributed by atoms with Gasteiger partial charge in [-0.1, -0.05) is 6.92 Å². The number of carbonyl (C=O) groups is 2. The molecule has 0 aromatic heterocycles. The van der Waals surface area contributed by atoms with E-state index in [4.69, 9.17) is 0 Å². The van der Waals surface area contributed by atoms with Gasteiger partial charge in [0.25, 0.3) is 0 Å². The summed E-state index contributed by atoms with van der Waals surface area (Å²) in [5.41, 5.74) is 0. The molecule has 2 heterocycles. The SMILES string of the molecule is CCNC(CN1CC(=O)N2CCCC2C1=O)C1CC1. The van der Waals surface area contributed by atoms with E-state index in [1.54, 1.807) is 9.80 Å². The first-order chi connectivity index (χ1) is 9.20. The molecule has 0 aromatic carbocycles. The minimum atomic E-state index is -0.164. The summed E-state index contributed by atoms with van der Waals surface area (Å²) in [6, 6.07) is 0.206. The second kappa shape index (κ2) is 5.12. The number of hydrogen-bond donors (Lipinski definition) is 1. The molecule has 2 aliphatic heterocycles. The van der Waals surface area contributed by atoms with Crippen LogP contribution in [0, 0.1) is 5.92 Å². The summed E-state index contributed by atoms with van der Waals surface area (Å²) >= 11 is 0. The summed E-state index contributed by atoms with van der Waals surface area (Å²) in [5.74, 6) is 0.998. The van der Waals surface area contributed by atoms with E-state index >= 15 is 0 Å². The van der Waals surface area contributed by atoms with Crippen molar-refractivity contribution in [3.05, 3.63) is 0 Å². The van der Waals surface area contributed by atoms with Gasteiger partial charge in [0.2, 0.25) is 11.8 Å². The number of piperazine rings is 1. The van der Waals surface area contributed by atoms with Gasteiger partial charge in [-0.2, -0.15) is 0 Å². The van der Waals surface area contributed by atoms with E-state index in [0.717, 1.165) is 25.9 Å². The topological polar surface area (TPSA) is 52.7 Å². The molecule has 3 fully saturated rings. The number of rotatable bonds is 5. The van der Waals surface area contributed by atoms with Gasteiger partial charge >= 0.3 is 0 Å². The van der Waals surface area contributed by atoms with Gasteiger partial charge < -0.3 is 15.1 Å². The number of fused-ring (bicyclic) bond motifs is 1. The van der Waals surface area contributed by atoms with E-state index < -0.39 is 0 Å². The Morgan fingerprint density at radius 3 is 2.79 bits per heavy atom. The molecule has 5 nitrogen and oxygen atoms in total. The largest absolute Gasteiger partial charge is 0.330 e. The molecule has 3 aliphatic rings. The van der Waals surface area contributed by atoms with Crippen LogP contribution in [0.25, 0.3) is 0 Å². The number of nitrogens with one attached hydrogen (secondary N) is 1. The zero-order valence-electron chi connectivity index (χ0n) is 11.6. The van der Waals surface area contributed by atoms with Crippen LogP contribution in [0.1, 0.15) is 32.6 Å². The summed E-state index contributed by atoms with van der Waals surface area (Å²) in [6.45, 7) is 4.77. The highest BCUT2D eigenvalue weighted by atomic mass is 16.2. The van der Waals surface area contributed by atoms with Gasteiger partial charge in [0, 0.05) is 19.1 Å². The van der Waals surface area contributed by atoms with E-state index in [1.807, 2.05) is 0 Å². The quantitative estimate of drug-likeness (QED) is 0.773. The Hall–Kier alpha value is -1.10. The Kier molecular flexibility index (Phi) is 3.48. The summed E-state index contributed by atoms with van der Waals surface area (Å²) in [6.07, 6.45) is 4.32. The summed E-state index contributed by atoms with van der Waals surface area (Å²) in [4.78, 5) is 28.1. The number of carbonyl (C=O) groups excluding carboxylic acids is 2. The monoisotopic (exact) mass is 265 g/mol. The molecule has 0 aromatic rings. The molecule has 1 N–H and O–H groups in total. The first-order valence-electron chi connectivity index (χ1n) is 7.52. The van der Waals surface area contributed by atoms with Crippen LogP contribution in [-0.4, -0.2) is 59.9 Å². The fraction of sp³-hybridized carbons (Fsp3) is 0.857. The lowest BCUT2D eigenvalue weighted by molar-refractivity contribution is -0.153. The second-order valence-corrected chi connectivity index (χ2v) is 5.97. The van der Waals surface area contributed by atoms with Crippen molar-refractivity contribution in [3.8, 4) is 0 Å². The second-order valence-electron chi connectivity index (χ2n) is 5.97. The van der Waals surface area contributed by atoms with Gasteiger partial charge in [0.1, 0.15) is 6.04 Å². The van der Waals surface area contributed by atoms with Crippen LogP contribution in [0.15, 0.2) is 0 Å². The zero-order valence-corrected chi connectivity index (χ0v) is 11.6. The molecular weight excluding hydrogens is 242 g/mol. The molecule has 0 spiro atoms. The van der Waals surface area contributed by atoms with Crippen molar-refractivity contribution < 1.29 is 9.59 Å². The third kappa shape index (κ3) is 2.48. The molecule has 2 amide bonds. The van der Waals surface area contributed by atoms with Crippen molar-refractivity contribution in [2.75, 3.05) is 26.2 Å². The van der Waals surface area contributed by atoms with E-state index in [9.17, 15) is 9.59 Å². The maximum atomic E-state index is 12.4. The van der Waals surface area contributed by atoms with Crippen molar-refractivity contribution in [1.29, 1.82) is 0 Å². The third-order valence-electron chi connectivity index (χ3n) is 4.57. The van der Waals surface area contributed by atoms with Crippen LogP contribution in [-0.2, 0) is 9.59 Å². The van der Waals surface area contributed by atoms with Crippen molar-refractivity contribution in [1.82, 2.24) is 15.1 Å². The van der Waals surface area contributed by atoms with Crippen LogP contribution in [0.2, 0.25) is 0 Å². The van der Waals surface area contributed by atoms with Gasteiger partial charge in [-0.3, -0.25) is 9.59 Å². The predicted octanol–water partition coefficient (Wildman–Crippen LogP) is 0.208. The van der Waals surface area contributed by atoms with Gasteiger partial charge in [-0.05, 0) is 38.1 Å². The average Bonchev–Trinajstić information content (AvgIpc) is 3.11. The molecular formula is C14H23N3O2. The minimum Gasteiger partial charge on any atom is -0.330 e. The molecule has 2 saturated heterocycles. The highest BCUT2D eigenvalue weighted by Crippen LogP contribution is 2.33. The molecule has 0 radical (unpaired) electrons. The lowest BCUT2D eigenvalue weighted by Crippen LogP contribution is -2.59. The van der Waals surface area contributed by atoms with Crippen molar-refractivity contribution in [2.24, 2.45) is 5.92 Å². The fourth-order valence-corrected chi connectivity index (χ4v) is 3.40. The predicted molar refractivity (Wildman–Crippen MR) is 71.5 cm³/mol. The lowest BCUT2D eigenvalue weighted by Gasteiger charge is -2.38. The maximum absolute atomic E-state index is 12.4. The Bertz CT molecular complexity index is 381. The summed E-state index contributed by atoms with van der Waals surface area (Å²) < 4.78 is 0. The molecule has 1 saturated carbocycles. The first kappa shape index (κ1) is 12.9. The highest BCUT2D eigenvalue weighted by Gasteiger charge is 2.43. The van der Waals surface area contributed by atoms with Crippen LogP contribution < -0.4 is 5.32 Å². The summed E-state index contributed by atoms with van der Waals surface area (Å²) in [5, 5.41) is 3.47. The Balaban J connectivity index is 1.66. The number of hydrogen-bond acceptors (Lipinski definition) is 3. The highest BCUT2D eigenvalue weighted by molar-refractivity contribution is 5.95. The summed E-state index contributed by atoms with van der Waals surface area (Å²) in [7, 11) is 0. The smallest absolute Gasteiger partial charge is 0.245 e. The maximum Gasteiger partial charge on any atom is 0.245 e. The standard InChI is InChI=1S/C14H23N3O2/c1-2-15-11(10-5-6-10)8-16-9-13(18)17-7-3-4-12(17)14(16)19/h10-12,15H,2-9H2,1H3. The van der Waals surface area contributed by atoms with Crippen LogP contribution in [0.4, 0.5) is 0 Å². The van der Waals surface area contributed by atoms with E-state index in [-0.39, 0.29) is 24.4 Å². The molecule has 106 valence electrons. The van der Waals surface area contributed by atoms with E-state index in [2.05, 4.69) is 12.2 Å². The van der Waals surface area contributed by atoms with Gasteiger partial charge in [0.15, 0.2) is 0 Å². The van der Waals surface area contributed by atoms with Gasteiger partial charge in [-0.25, -0.2) is 0 Å². The van der Waals surface area contributed by atoms with E-state index in [1.165, 1.54) is 12.8 Å². The van der Waals surface area contributed by atoms with Crippen molar-refractivity contribution >= 4 is 11.8 Å². The van der Waals surface area contributed by atoms with Gasteiger partial charge in [-0.15, -0.1) is 0 Å². The zero-order chi connectivity index (χ0) is 13.4. The molecule has 2 atom stereocenters. The van der Waals surface area contributed by atoms with Crippen molar-refractivity contribution in [3.63, 3.8) is 0 Å². The Labute approximate surface area is 114 Å². The fourth-order valence-electron chi connectivity index (χ4n) is 3.40. The van der Waals surface area contributed by atoms with Crippen molar-refractivity contribution in [2.45, 2.75) is 44.7 Å². The van der Waals surface area contributed by atoms with Gasteiger partial charge in [0.05, 0.1) is 6.54 Å². The number of likely N-dealkylation sites (N-methyl/N-ethyl adjacent to an activating group) is 1. The number of amides is 2. The third-order valence-corrected chi connectivity index (χ3v) is 4.57. The molecule has 5 heteroatoms. The van der Waals surface area contributed by atoms with E-state index in [0.29, 0.717) is 18.5 Å². The number of nitrogens with zero attached hydrogens (tertiary/aromatic N) is 2. The average molecular weight is 265 g/mol. The normalized spacial score (nSPS) is 28.8. The molecule has 1 aliphatic carbocycles. The molecule has 3 rings (SSSR count). The van der Waals surface area contributed by atoms with Crippen LogP contribution >= 0.6 is 0 Å². The van der Waals surface area contributed by atoms with Crippen LogP contribution in [0.3, 0.4) is 0 Å². The Morgan fingerprint density at radius 1 is 1.32 bits per heavy atom. The first-order valence-corrected chi connectivity index (χ1v) is 7.52. The molecule has 0 bridgehead atoms. The lowest BCUT2D eigenvalue weighted by atomic mass is 10.1. The molecule has 2 unspecified atom stereocenters. The van der Waals surface area contributed by atoms with Crippen LogP contribution in [0.5, 0.6) is 0 Å². The minimum absolute atomic E-state index is 0.133.